The summed E-state index contributed by atoms with van der Waals surface area (Å²) in [5.41, 5.74) is 1.30. The van der Waals surface area contributed by atoms with Crippen molar-refractivity contribution in [2.24, 2.45) is 0 Å². The van der Waals surface area contributed by atoms with Gasteiger partial charge in [0, 0.05) is 31.6 Å². The quantitative estimate of drug-likeness (QED) is 0.847. The number of carbonyl (C=O) groups is 1. The van der Waals surface area contributed by atoms with Crippen molar-refractivity contribution < 1.29 is 9.90 Å². The average molecular weight is 316 g/mol. The SMILES string of the molecule is O=C1CCCN1CC(O)CNC1(c2ccccc2)CCCCC1. The van der Waals surface area contributed by atoms with E-state index in [4.69, 9.17) is 0 Å². The van der Waals surface area contributed by atoms with Gasteiger partial charge in [-0.1, -0.05) is 49.6 Å². The normalized spacial score (nSPS) is 22.3. The fourth-order valence-corrected chi connectivity index (χ4v) is 4.01. The van der Waals surface area contributed by atoms with E-state index in [1.807, 2.05) is 6.07 Å². The number of benzene rings is 1. The molecule has 4 heteroatoms. The van der Waals surface area contributed by atoms with Gasteiger partial charge in [-0.05, 0) is 24.8 Å². The summed E-state index contributed by atoms with van der Waals surface area (Å²) in [5.74, 6) is 0.180. The van der Waals surface area contributed by atoms with Gasteiger partial charge in [0.05, 0.1) is 6.10 Å². The molecule has 0 aromatic heterocycles. The fraction of sp³-hybridized carbons (Fsp3) is 0.632. The molecule has 1 amide bonds. The Morgan fingerprint density at radius 3 is 2.52 bits per heavy atom. The van der Waals surface area contributed by atoms with Crippen LogP contribution in [0.2, 0.25) is 0 Å². The summed E-state index contributed by atoms with van der Waals surface area (Å²) in [7, 11) is 0. The number of aliphatic hydroxyl groups excluding tert-OH is 1. The second kappa shape index (κ2) is 7.45. The Labute approximate surface area is 138 Å². The van der Waals surface area contributed by atoms with Crippen molar-refractivity contribution in [3.63, 3.8) is 0 Å². The van der Waals surface area contributed by atoms with Gasteiger partial charge in [0.25, 0.3) is 0 Å². The van der Waals surface area contributed by atoms with Gasteiger partial charge in [0.15, 0.2) is 0 Å². The molecule has 1 saturated heterocycles. The van der Waals surface area contributed by atoms with Crippen molar-refractivity contribution in [3.8, 4) is 0 Å². The van der Waals surface area contributed by atoms with Crippen molar-refractivity contribution in [3.05, 3.63) is 35.9 Å². The van der Waals surface area contributed by atoms with Crippen molar-refractivity contribution in [1.29, 1.82) is 0 Å². The Morgan fingerprint density at radius 1 is 1.13 bits per heavy atom. The number of β-amino-alcohol motifs (C(OH)–C–C–N with tert-alkyl or cyclic N) is 1. The number of aliphatic hydroxyl groups is 1. The van der Waals surface area contributed by atoms with Crippen molar-refractivity contribution in [2.45, 2.75) is 56.6 Å². The number of rotatable bonds is 6. The van der Waals surface area contributed by atoms with Gasteiger partial charge in [-0.15, -0.1) is 0 Å². The topological polar surface area (TPSA) is 52.6 Å². The molecule has 2 fully saturated rings. The third-order valence-electron chi connectivity index (χ3n) is 5.31. The van der Waals surface area contributed by atoms with Gasteiger partial charge >= 0.3 is 0 Å². The standard InChI is InChI=1S/C19H28N2O2/c22-17(15-21-13-7-10-18(21)23)14-20-19(11-5-2-6-12-19)16-8-3-1-4-9-16/h1,3-4,8-9,17,20,22H,2,5-7,10-15H2. The minimum Gasteiger partial charge on any atom is -0.390 e. The minimum atomic E-state index is -0.500. The molecule has 1 aromatic rings. The maximum atomic E-state index is 11.7. The van der Waals surface area contributed by atoms with E-state index in [0.717, 1.165) is 25.8 Å². The highest BCUT2D eigenvalue weighted by Crippen LogP contribution is 2.37. The molecule has 126 valence electrons. The molecule has 23 heavy (non-hydrogen) atoms. The zero-order chi connectivity index (χ0) is 16.1. The molecule has 2 aliphatic rings. The Kier molecular flexibility index (Phi) is 5.34. The molecule has 2 N–H and O–H groups in total. The van der Waals surface area contributed by atoms with E-state index in [9.17, 15) is 9.90 Å². The zero-order valence-corrected chi connectivity index (χ0v) is 13.8. The van der Waals surface area contributed by atoms with Crippen LogP contribution in [0, 0.1) is 0 Å². The molecule has 1 aliphatic heterocycles. The van der Waals surface area contributed by atoms with Gasteiger partial charge in [-0.2, -0.15) is 0 Å². The molecule has 4 nitrogen and oxygen atoms in total. The second-order valence-corrected chi connectivity index (χ2v) is 6.99. The van der Waals surface area contributed by atoms with Crippen LogP contribution < -0.4 is 5.32 Å². The summed E-state index contributed by atoms with van der Waals surface area (Å²) >= 11 is 0. The molecule has 1 heterocycles. The van der Waals surface area contributed by atoms with Crippen LogP contribution in [0.4, 0.5) is 0 Å². The van der Waals surface area contributed by atoms with Crippen molar-refractivity contribution in [1.82, 2.24) is 10.2 Å². The molecule has 1 saturated carbocycles. The summed E-state index contributed by atoms with van der Waals surface area (Å²) in [5, 5.41) is 14.0. The highest BCUT2D eigenvalue weighted by atomic mass is 16.3. The van der Waals surface area contributed by atoms with E-state index in [2.05, 4.69) is 29.6 Å². The monoisotopic (exact) mass is 316 g/mol. The number of hydrogen-bond acceptors (Lipinski definition) is 3. The summed E-state index contributed by atoms with van der Waals surface area (Å²) in [4.78, 5) is 13.5. The molecule has 1 aromatic carbocycles. The van der Waals surface area contributed by atoms with Gasteiger partial charge in [-0.3, -0.25) is 4.79 Å². The van der Waals surface area contributed by atoms with Crippen LogP contribution in [0.5, 0.6) is 0 Å². The third-order valence-corrected chi connectivity index (χ3v) is 5.31. The van der Waals surface area contributed by atoms with Gasteiger partial charge < -0.3 is 15.3 Å². The number of nitrogens with one attached hydrogen (secondary N) is 1. The van der Waals surface area contributed by atoms with Crippen LogP contribution in [-0.2, 0) is 10.3 Å². The van der Waals surface area contributed by atoms with E-state index < -0.39 is 6.10 Å². The summed E-state index contributed by atoms with van der Waals surface area (Å²) < 4.78 is 0. The van der Waals surface area contributed by atoms with Crippen LogP contribution in [0.15, 0.2) is 30.3 Å². The van der Waals surface area contributed by atoms with E-state index in [1.165, 1.54) is 24.8 Å². The van der Waals surface area contributed by atoms with Gasteiger partial charge in [0.1, 0.15) is 0 Å². The van der Waals surface area contributed by atoms with E-state index in [-0.39, 0.29) is 11.4 Å². The molecule has 0 bridgehead atoms. The number of amides is 1. The van der Waals surface area contributed by atoms with Gasteiger partial charge in [0.2, 0.25) is 5.91 Å². The van der Waals surface area contributed by atoms with Crippen LogP contribution in [0.3, 0.4) is 0 Å². The predicted octanol–water partition coefficient (Wildman–Crippen LogP) is 2.42. The first kappa shape index (κ1) is 16.5. The summed E-state index contributed by atoms with van der Waals surface area (Å²) in [6.07, 6.45) is 7.03. The number of carbonyl (C=O) groups excluding carboxylic acids is 1. The van der Waals surface area contributed by atoms with E-state index in [0.29, 0.717) is 19.5 Å². The molecular formula is C19H28N2O2. The first-order valence-corrected chi connectivity index (χ1v) is 8.96. The van der Waals surface area contributed by atoms with Crippen molar-refractivity contribution in [2.75, 3.05) is 19.6 Å². The molecule has 1 aliphatic carbocycles. The highest BCUT2D eigenvalue weighted by molar-refractivity contribution is 5.78. The van der Waals surface area contributed by atoms with Gasteiger partial charge in [-0.25, -0.2) is 0 Å². The Balaban J connectivity index is 1.61. The van der Waals surface area contributed by atoms with E-state index in [1.54, 1.807) is 4.90 Å². The molecule has 0 spiro atoms. The summed E-state index contributed by atoms with van der Waals surface area (Å²) in [6, 6.07) is 10.6. The Morgan fingerprint density at radius 2 is 1.87 bits per heavy atom. The van der Waals surface area contributed by atoms with Crippen molar-refractivity contribution >= 4 is 5.91 Å². The minimum absolute atomic E-state index is 0.0183. The number of nitrogens with zero attached hydrogens (tertiary/aromatic N) is 1. The lowest BCUT2D eigenvalue weighted by Crippen LogP contribution is -2.49. The fourth-order valence-electron chi connectivity index (χ4n) is 4.01. The molecule has 0 radical (unpaired) electrons. The van der Waals surface area contributed by atoms with Crippen LogP contribution in [0.25, 0.3) is 0 Å². The zero-order valence-electron chi connectivity index (χ0n) is 13.8. The largest absolute Gasteiger partial charge is 0.390 e. The molecule has 1 unspecified atom stereocenters. The Hall–Kier alpha value is -1.39. The number of hydrogen-bond donors (Lipinski definition) is 2. The maximum Gasteiger partial charge on any atom is 0.222 e. The molecule has 3 rings (SSSR count). The maximum absolute atomic E-state index is 11.7. The summed E-state index contributed by atoms with van der Waals surface area (Å²) in [6.45, 7) is 1.79. The third kappa shape index (κ3) is 3.93. The van der Waals surface area contributed by atoms with Crippen LogP contribution >= 0.6 is 0 Å². The van der Waals surface area contributed by atoms with Crippen LogP contribution in [-0.4, -0.2) is 41.7 Å². The predicted molar refractivity (Wildman–Crippen MR) is 91.0 cm³/mol. The smallest absolute Gasteiger partial charge is 0.222 e. The average Bonchev–Trinajstić information content (AvgIpc) is 2.99. The Bertz CT molecular complexity index is 511. The van der Waals surface area contributed by atoms with Crippen LogP contribution in [0.1, 0.15) is 50.5 Å². The lowest BCUT2D eigenvalue weighted by Gasteiger charge is -2.40. The van der Waals surface area contributed by atoms with E-state index >= 15 is 0 Å². The molecule has 1 atom stereocenters. The highest BCUT2D eigenvalue weighted by Gasteiger charge is 2.34. The molecular weight excluding hydrogens is 288 g/mol. The first-order chi connectivity index (χ1) is 11.2. The lowest BCUT2D eigenvalue weighted by molar-refractivity contribution is -0.128. The lowest BCUT2D eigenvalue weighted by atomic mass is 9.76. The first-order valence-electron chi connectivity index (χ1n) is 8.96. The second-order valence-electron chi connectivity index (χ2n) is 6.99. The number of likely N-dealkylation sites (tertiary alicyclic amines) is 1.